The fourth-order valence-electron chi connectivity index (χ4n) is 3.50. The molecule has 3 aromatic rings. The number of nitrogens with zero attached hydrogens (tertiary/aromatic N) is 1. The van der Waals surface area contributed by atoms with Crippen molar-refractivity contribution >= 4 is 23.3 Å². The van der Waals surface area contributed by atoms with Crippen molar-refractivity contribution in [3.63, 3.8) is 0 Å². The summed E-state index contributed by atoms with van der Waals surface area (Å²) in [6, 6.07) is 22.5. The van der Waals surface area contributed by atoms with Gasteiger partial charge < -0.3 is 15.5 Å². The van der Waals surface area contributed by atoms with Crippen molar-refractivity contribution in [2.75, 3.05) is 16.8 Å². The lowest BCUT2D eigenvalue weighted by Crippen LogP contribution is -2.39. The summed E-state index contributed by atoms with van der Waals surface area (Å²) in [7, 11) is 0. The summed E-state index contributed by atoms with van der Waals surface area (Å²) in [6.45, 7) is 0.302. The molecule has 0 saturated carbocycles. The van der Waals surface area contributed by atoms with Crippen molar-refractivity contribution in [2.45, 2.75) is 12.5 Å². The summed E-state index contributed by atoms with van der Waals surface area (Å²) in [5, 5.41) is 5.72. The molecule has 3 amide bonds. The van der Waals surface area contributed by atoms with Crippen LogP contribution in [0, 0.1) is 5.82 Å². The summed E-state index contributed by atoms with van der Waals surface area (Å²) >= 11 is 0. The predicted molar refractivity (Wildman–Crippen MR) is 111 cm³/mol. The maximum absolute atomic E-state index is 13.5. The Kier molecular flexibility index (Phi) is 5.24. The fourth-order valence-corrected chi connectivity index (χ4v) is 3.50. The van der Waals surface area contributed by atoms with E-state index >= 15 is 0 Å². The standard InChI is InChI=1S/C23H20FN3O2/c24-17-9-6-10-19(13-17)27-15-18(14-22(27)28)25-23(29)26-21-12-5-4-11-20(21)16-7-2-1-3-8-16/h1-13,18H,14-15H2,(H2,25,26,29)/t18-/m1/s1. The van der Waals surface area contributed by atoms with Gasteiger partial charge >= 0.3 is 6.03 Å². The first-order valence-corrected chi connectivity index (χ1v) is 9.38. The van der Waals surface area contributed by atoms with Crippen molar-refractivity contribution in [1.29, 1.82) is 0 Å². The number of carbonyl (C=O) groups excluding carboxylic acids is 2. The van der Waals surface area contributed by atoms with Crippen molar-refractivity contribution in [1.82, 2.24) is 5.32 Å². The minimum absolute atomic E-state index is 0.148. The Morgan fingerprint density at radius 1 is 0.966 bits per heavy atom. The molecule has 1 atom stereocenters. The topological polar surface area (TPSA) is 61.4 Å². The Balaban J connectivity index is 1.43. The Morgan fingerprint density at radius 3 is 2.52 bits per heavy atom. The number of hydrogen-bond acceptors (Lipinski definition) is 2. The Bertz CT molecular complexity index is 1040. The second-order valence-corrected chi connectivity index (χ2v) is 6.90. The number of halogens is 1. The fraction of sp³-hybridized carbons (Fsp3) is 0.130. The van der Waals surface area contributed by atoms with Crippen LogP contribution in [0.1, 0.15) is 6.42 Å². The second kappa shape index (κ2) is 8.14. The van der Waals surface area contributed by atoms with E-state index in [-0.39, 0.29) is 24.4 Å². The van der Waals surface area contributed by atoms with Gasteiger partial charge in [0, 0.05) is 24.2 Å². The van der Waals surface area contributed by atoms with E-state index in [9.17, 15) is 14.0 Å². The lowest BCUT2D eigenvalue weighted by molar-refractivity contribution is -0.117. The first-order valence-electron chi connectivity index (χ1n) is 9.38. The molecule has 1 aliphatic heterocycles. The molecule has 29 heavy (non-hydrogen) atoms. The molecule has 1 aliphatic rings. The summed E-state index contributed by atoms with van der Waals surface area (Å²) in [5.41, 5.74) is 3.08. The normalized spacial score (nSPS) is 16.0. The zero-order valence-corrected chi connectivity index (χ0v) is 15.6. The van der Waals surface area contributed by atoms with E-state index in [4.69, 9.17) is 0 Å². The smallest absolute Gasteiger partial charge is 0.319 e. The average molecular weight is 389 g/mol. The highest BCUT2D eigenvalue weighted by Crippen LogP contribution is 2.27. The highest BCUT2D eigenvalue weighted by atomic mass is 19.1. The minimum atomic E-state index is -0.401. The minimum Gasteiger partial charge on any atom is -0.333 e. The Hall–Kier alpha value is -3.67. The third kappa shape index (κ3) is 4.27. The number of benzene rings is 3. The number of para-hydroxylation sites is 1. The Labute approximate surface area is 168 Å². The second-order valence-electron chi connectivity index (χ2n) is 6.90. The molecule has 2 N–H and O–H groups in total. The third-order valence-electron chi connectivity index (χ3n) is 4.84. The van der Waals surface area contributed by atoms with E-state index in [2.05, 4.69) is 10.6 Å². The highest BCUT2D eigenvalue weighted by Gasteiger charge is 2.31. The van der Waals surface area contributed by atoms with Gasteiger partial charge in [-0.3, -0.25) is 4.79 Å². The molecule has 6 heteroatoms. The van der Waals surface area contributed by atoms with Gasteiger partial charge in [-0.1, -0.05) is 54.6 Å². The summed E-state index contributed by atoms with van der Waals surface area (Å²) in [6.07, 6.45) is 0.171. The van der Waals surface area contributed by atoms with Gasteiger partial charge in [0.1, 0.15) is 5.82 Å². The van der Waals surface area contributed by atoms with Gasteiger partial charge in [-0.05, 0) is 29.8 Å². The molecule has 1 fully saturated rings. The van der Waals surface area contributed by atoms with E-state index in [1.165, 1.54) is 17.0 Å². The SMILES string of the molecule is O=C(Nc1ccccc1-c1ccccc1)N[C@@H]1CC(=O)N(c2cccc(F)c2)C1. The highest BCUT2D eigenvalue weighted by molar-refractivity contribution is 5.98. The monoisotopic (exact) mass is 389 g/mol. The van der Waals surface area contributed by atoms with Crippen LogP contribution in [0.15, 0.2) is 78.9 Å². The lowest BCUT2D eigenvalue weighted by Gasteiger charge is -2.18. The molecule has 0 radical (unpaired) electrons. The molecule has 0 aliphatic carbocycles. The average Bonchev–Trinajstić information content (AvgIpc) is 3.09. The van der Waals surface area contributed by atoms with Gasteiger partial charge in [0.05, 0.1) is 11.7 Å². The Morgan fingerprint density at radius 2 is 1.72 bits per heavy atom. The van der Waals surface area contributed by atoms with Gasteiger partial charge in [0.2, 0.25) is 5.91 Å². The van der Waals surface area contributed by atoms with E-state index in [0.29, 0.717) is 17.9 Å². The van der Waals surface area contributed by atoms with Gasteiger partial charge in [0.25, 0.3) is 0 Å². The van der Waals surface area contributed by atoms with Gasteiger partial charge in [0.15, 0.2) is 0 Å². The van der Waals surface area contributed by atoms with Crippen molar-refractivity contribution < 1.29 is 14.0 Å². The van der Waals surface area contributed by atoms with E-state index < -0.39 is 5.82 Å². The van der Waals surface area contributed by atoms with Crippen LogP contribution in [0.4, 0.5) is 20.6 Å². The number of carbonyl (C=O) groups is 2. The third-order valence-corrected chi connectivity index (χ3v) is 4.84. The van der Waals surface area contributed by atoms with Crippen LogP contribution < -0.4 is 15.5 Å². The van der Waals surface area contributed by atoms with E-state index in [0.717, 1.165) is 11.1 Å². The van der Waals surface area contributed by atoms with Crippen LogP contribution in [0.25, 0.3) is 11.1 Å². The predicted octanol–water partition coefficient (Wildman–Crippen LogP) is 4.42. The van der Waals surface area contributed by atoms with Crippen LogP contribution in [0.2, 0.25) is 0 Å². The van der Waals surface area contributed by atoms with Crippen molar-refractivity contribution in [2.24, 2.45) is 0 Å². The molecule has 1 saturated heterocycles. The molecule has 3 aromatic carbocycles. The van der Waals surface area contributed by atoms with Crippen LogP contribution >= 0.6 is 0 Å². The largest absolute Gasteiger partial charge is 0.333 e. The summed E-state index contributed by atoms with van der Waals surface area (Å²) in [4.78, 5) is 26.3. The molecular formula is C23H20FN3O2. The maximum Gasteiger partial charge on any atom is 0.319 e. The molecule has 0 unspecified atom stereocenters. The number of anilines is 2. The number of hydrogen-bond donors (Lipinski definition) is 2. The van der Waals surface area contributed by atoms with E-state index in [1.54, 1.807) is 12.1 Å². The van der Waals surface area contributed by atoms with Crippen molar-refractivity contribution in [3.8, 4) is 11.1 Å². The van der Waals surface area contributed by atoms with Crippen LogP contribution in [0.5, 0.6) is 0 Å². The number of urea groups is 1. The maximum atomic E-state index is 13.5. The van der Waals surface area contributed by atoms with Crippen LogP contribution in [-0.4, -0.2) is 24.5 Å². The van der Waals surface area contributed by atoms with Crippen LogP contribution in [0.3, 0.4) is 0 Å². The first-order chi connectivity index (χ1) is 14.1. The number of nitrogens with one attached hydrogen (secondary N) is 2. The van der Waals surface area contributed by atoms with Gasteiger partial charge in [-0.2, -0.15) is 0 Å². The molecule has 0 bridgehead atoms. The molecule has 4 rings (SSSR count). The number of amides is 3. The zero-order chi connectivity index (χ0) is 20.2. The molecular weight excluding hydrogens is 369 g/mol. The molecule has 0 aromatic heterocycles. The van der Waals surface area contributed by atoms with Gasteiger partial charge in [-0.15, -0.1) is 0 Å². The number of rotatable bonds is 4. The van der Waals surface area contributed by atoms with Crippen LogP contribution in [-0.2, 0) is 4.79 Å². The zero-order valence-electron chi connectivity index (χ0n) is 15.6. The lowest BCUT2D eigenvalue weighted by atomic mass is 10.0. The molecule has 5 nitrogen and oxygen atoms in total. The summed E-state index contributed by atoms with van der Waals surface area (Å²) < 4.78 is 13.5. The van der Waals surface area contributed by atoms with E-state index in [1.807, 2.05) is 54.6 Å². The first kappa shape index (κ1) is 18.7. The van der Waals surface area contributed by atoms with Crippen molar-refractivity contribution in [3.05, 3.63) is 84.7 Å². The molecule has 1 heterocycles. The summed E-state index contributed by atoms with van der Waals surface area (Å²) in [5.74, 6) is -0.549. The quantitative estimate of drug-likeness (QED) is 0.694. The molecule has 146 valence electrons. The molecule has 0 spiro atoms. The van der Waals surface area contributed by atoms with Gasteiger partial charge in [-0.25, -0.2) is 9.18 Å².